The summed E-state index contributed by atoms with van der Waals surface area (Å²) in [5.74, 6) is 0.703. The van der Waals surface area contributed by atoms with Gasteiger partial charge in [-0.15, -0.1) is 0 Å². The Balaban J connectivity index is 2.56. The maximum Gasteiger partial charge on any atom is 0.0739 e. The number of nitrogens with one attached hydrogen (secondary N) is 1. The molecule has 0 spiro atoms. The molecule has 54 valence electrons. The molecule has 2 atom stereocenters. The van der Waals surface area contributed by atoms with Gasteiger partial charge in [-0.05, 0) is 19.9 Å². The van der Waals surface area contributed by atoms with Crippen molar-refractivity contribution in [3.63, 3.8) is 0 Å². The van der Waals surface area contributed by atoms with Gasteiger partial charge >= 0.3 is 0 Å². The number of aliphatic hydroxyl groups excluding tert-OH is 1. The fourth-order valence-corrected chi connectivity index (χ4v) is 1.41. The molecule has 1 heterocycles. The van der Waals surface area contributed by atoms with Gasteiger partial charge in [0.2, 0.25) is 0 Å². The van der Waals surface area contributed by atoms with Gasteiger partial charge in [0, 0.05) is 5.75 Å². The maximum atomic E-state index is 9.34. The molecule has 0 unspecified atom stereocenters. The summed E-state index contributed by atoms with van der Waals surface area (Å²) in [6, 6.07) is 0. The highest BCUT2D eigenvalue weighted by Crippen LogP contribution is 2.19. The Hall–Kier alpha value is 0.270. The van der Waals surface area contributed by atoms with Gasteiger partial charge in [0.25, 0.3) is 0 Å². The van der Waals surface area contributed by atoms with Crippen LogP contribution in [0.3, 0.4) is 0 Å². The molecule has 2 nitrogen and oxygen atoms in total. The minimum atomic E-state index is -0.213. The lowest BCUT2D eigenvalue weighted by Gasteiger charge is -2.25. The number of thiol groups is 1. The van der Waals surface area contributed by atoms with E-state index in [2.05, 4.69) is 17.9 Å². The summed E-state index contributed by atoms with van der Waals surface area (Å²) in [4.78, 5) is 0. The second kappa shape index (κ2) is 2.48. The van der Waals surface area contributed by atoms with Gasteiger partial charge in [-0.1, -0.05) is 0 Å². The van der Waals surface area contributed by atoms with Crippen molar-refractivity contribution in [3.8, 4) is 0 Å². The van der Waals surface area contributed by atoms with E-state index >= 15 is 0 Å². The molecule has 0 aromatic rings. The quantitative estimate of drug-likeness (QED) is 0.457. The zero-order chi connectivity index (χ0) is 6.91. The van der Waals surface area contributed by atoms with Crippen LogP contribution in [-0.2, 0) is 0 Å². The van der Waals surface area contributed by atoms with Gasteiger partial charge < -0.3 is 10.4 Å². The Bertz CT molecular complexity index is 109. The van der Waals surface area contributed by atoms with Crippen LogP contribution in [0.2, 0.25) is 0 Å². The van der Waals surface area contributed by atoms with Crippen molar-refractivity contribution < 1.29 is 5.11 Å². The van der Waals surface area contributed by atoms with Crippen LogP contribution in [-0.4, -0.2) is 29.0 Å². The minimum absolute atomic E-state index is 0.136. The molecule has 0 amide bonds. The first-order valence-electron chi connectivity index (χ1n) is 3.23. The van der Waals surface area contributed by atoms with E-state index in [9.17, 15) is 5.11 Å². The standard InChI is InChI=1S/C6H13NOS/c1-6(4-9)5(8)2-3-7-6/h5,7-9H,2-4H2,1H3/t5-,6+/m0/s1. The maximum absolute atomic E-state index is 9.34. The van der Waals surface area contributed by atoms with Crippen molar-refractivity contribution in [2.24, 2.45) is 0 Å². The minimum Gasteiger partial charge on any atom is -0.391 e. The number of hydrogen-bond acceptors (Lipinski definition) is 3. The molecule has 2 N–H and O–H groups in total. The van der Waals surface area contributed by atoms with Crippen LogP contribution < -0.4 is 5.32 Å². The van der Waals surface area contributed by atoms with Gasteiger partial charge in [0.1, 0.15) is 0 Å². The fraction of sp³-hybridized carbons (Fsp3) is 1.00. The Morgan fingerprint density at radius 3 is 2.78 bits per heavy atom. The molecule has 1 saturated heterocycles. The second-order valence-corrected chi connectivity index (χ2v) is 3.12. The molecule has 1 rings (SSSR count). The Morgan fingerprint density at radius 2 is 2.56 bits per heavy atom. The van der Waals surface area contributed by atoms with Crippen LogP contribution in [0.25, 0.3) is 0 Å². The van der Waals surface area contributed by atoms with Gasteiger partial charge in [-0.25, -0.2) is 0 Å². The molecule has 3 heteroatoms. The normalized spacial score (nSPS) is 43.7. The van der Waals surface area contributed by atoms with E-state index in [1.807, 2.05) is 6.92 Å². The molecular formula is C6H13NOS. The van der Waals surface area contributed by atoms with Crippen molar-refractivity contribution >= 4 is 12.6 Å². The Kier molecular flexibility index (Phi) is 2.03. The SMILES string of the molecule is C[C@]1(CS)NCC[C@@H]1O. The summed E-state index contributed by atoms with van der Waals surface area (Å²) in [5.41, 5.74) is -0.136. The van der Waals surface area contributed by atoms with E-state index in [1.54, 1.807) is 0 Å². The van der Waals surface area contributed by atoms with Crippen molar-refractivity contribution in [2.75, 3.05) is 12.3 Å². The Morgan fingerprint density at radius 1 is 1.89 bits per heavy atom. The van der Waals surface area contributed by atoms with Crippen LogP contribution in [0.15, 0.2) is 0 Å². The molecule has 1 aliphatic heterocycles. The van der Waals surface area contributed by atoms with Crippen molar-refractivity contribution in [1.29, 1.82) is 0 Å². The van der Waals surface area contributed by atoms with E-state index in [0.29, 0.717) is 5.75 Å². The van der Waals surface area contributed by atoms with E-state index in [0.717, 1.165) is 13.0 Å². The lowest BCUT2D eigenvalue weighted by molar-refractivity contribution is 0.121. The average molecular weight is 147 g/mol. The van der Waals surface area contributed by atoms with Crippen molar-refractivity contribution in [3.05, 3.63) is 0 Å². The highest BCUT2D eigenvalue weighted by molar-refractivity contribution is 7.80. The molecule has 0 saturated carbocycles. The van der Waals surface area contributed by atoms with E-state index in [4.69, 9.17) is 0 Å². The van der Waals surface area contributed by atoms with Crippen molar-refractivity contribution in [2.45, 2.75) is 25.0 Å². The summed E-state index contributed by atoms with van der Waals surface area (Å²) in [5, 5.41) is 12.5. The smallest absolute Gasteiger partial charge is 0.0739 e. The predicted molar refractivity (Wildman–Crippen MR) is 40.9 cm³/mol. The van der Waals surface area contributed by atoms with Gasteiger partial charge in [0.15, 0.2) is 0 Å². The number of rotatable bonds is 1. The summed E-state index contributed by atoms with van der Waals surface area (Å²) < 4.78 is 0. The highest BCUT2D eigenvalue weighted by Gasteiger charge is 2.35. The third kappa shape index (κ3) is 1.23. The van der Waals surface area contributed by atoms with Crippen LogP contribution >= 0.6 is 12.6 Å². The van der Waals surface area contributed by atoms with Crippen LogP contribution in [0.5, 0.6) is 0 Å². The van der Waals surface area contributed by atoms with E-state index in [1.165, 1.54) is 0 Å². The summed E-state index contributed by atoms with van der Waals surface area (Å²) >= 11 is 4.14. The largest absolute Gasteiger partial charge is 0.391 e. The molecular weight excluding hydrogens is 134 g/mol. The molecule has 0 bridgehead atoms. The first-order chi connectivity index (χ1) is 4.19. The fourth-order valence-electron chi connectivity index (χ4n) is 1.09. The van der Waals surface area contributed by atoms with Crippen molar-refractivity contribution in [1.82, 2.24) is 5.32 Å². The van der Waals surface area contributed by atoms with Gasteiger partial charge in [0.05, 0.1) is 11.6 Å². The topological polar surface area (TPSA) is 32.3 Å². The monoisotopic (exact) mass is 147 g/mol. The average Bonchev–Trinajstić information content (AvgIpc) is 2.15. The predicted octanol–water partition coefficient (Wildman–Crippen LogP) is 0.0291. The molecule has 9 heavy (non-hydrogen) atoms. The van der Waals surface area contributed by atoms with Crippen LogP contribution in [0.4, 0.5) is 0 Å². The van der Waals surface area contributed by atoms with Gasteiger partial charge in [-0.3, -0.25) is 0 Å². The first kappa shape index (κ1) is 7.38. The summed E-state index contributed by atoms with van der Waals surface area (Å²) in [6.07, 6.45) is 0.645. The van der Waals surface area contributed by atoms with E-state index in [-0.39, 0.29) is 11.6 Å². The second-order valence-electron chi connectivity index (χ2n) is 2.81. The number of hydrogen-bond donors (Lipinski definition) is 3. The Labute approximate surface area is 61.1 Å². The third-order valence-electron chi connectivity index (χ3n) is 2.01. The van der Waals surface area contributed by atoms with Crippen LogP contribution in [0.1, 0.15) is 13.3 Å². The lowest BCUT2D eigenvalue weighted by atomic mass is 10.0. The molecule has 0 aromatic carbocycles. The molecule has 0 aromatic heterocycles. The van der Waals surface area contributed by atoms with E-state index < -0.39 is 0 Å². The third-order valence-corrected chi connectivity index (χ3v) is 2.67. The van der Waals surface area contributed by atoms with Crippen LogP contribution in [0, 0.1) is 0 Å². The zero-order valence-corrected chi connectivity index (χ0v) is 6.49. The zero-order valence-electron chi connectivity index (χ0n) is 5.59. The lowest BCUT2D eigenvalue weighted by Crippen LogP contribution is -2.46. The van der Waals surface area contributed by atoms with Gasteiger partial charge in [-0.2, -0.15) is 12.6 Å². The summed E-state index contributed by atoms with van der Waals surface area (Å²) in [7, 11) is 0. The highest BCUT2D eigenvalue weighted by atomic mass is 32.1. The molecule has 1 aliphatic rings. The summed E-state index contributed by atoms with van der Waals surface area (Å²) in [6.45, 7) is 2.91. The number of aliphatic hydroxyl groups is 1. The first-order valence-corrected chi connectivity index (χ1v) is 3.86. The molecule has 1 fully saturated rings. The molecule has 0 radical (unpaired) electrons. The molecule has 0 aliphatic carbocycles.